The van der Waals surface area contributed by atoms with Crippen LogP contribution < -0.4 is 0 Å². The second-order valence-corrected chi connectivity index (χ2v) is 14.4. The van der Waals surface area contributed by atoms with Gasteiger partial charge in [0.1, 0.15) is 0 Å². The van der Waals surface area contributed by atoms with E-state index in [1.54, 1.807) is 5.57 Å². The second kappa shape index (κ2) is 6.86. The van der Waals surface area contributed by atoms with Gasteiger partial charge in [-0.15, -0.1) is 0 Å². The Balaban J connectivity index is 1.57. The van der Waals surface area contributed by atoms with Gasteiger partial charge in [-0.1, -0.05) is 52.7 Å². The van der Waals surface area contributed by atoms with Crippen molar-refractivity contribution < 1.29 is 15.0 Å². The summed E-state index contributed by atoms with van der Waals surface area (Å²) >= 11 is 0. The van der Waals surface area contributed by atoms with Crippen molar-refractivity contribution in [2.45, 2.75) is 118 Å². The van der Waals surface area contributed by atoms with Crippen LogP contribution in [0.2, 0.25) is 0 Å². The molecule has 4 fully saturated rings. The molecule has 0 amide bonds. The molecule has 2 N–H and O–H groups in total. The van der Waals surface area contributed by atoms with Crippen LogP contribution in [0.25, 0.3) is 0 Å². The third-order valence-electron chi connectivity index (χ3n) is 12.1. The third-order valence-corrected chi connectivity index (χ3v) is 12.1. The molecule has 0 bridgehead atoms. The zero-order chi connectivity index (χ0) is 23.3. The monoisotopic (exact) mass is 442 g/mol. The summed E-state index contributed by atoms with van der Waals surface area (Å²) < 4.78 is 0. The summed E-state index contributed by atoms with van der Waals surface area (Å²) in [5, 5.41) is 21.2. The number of aliphatic hydroxyl groups is 1. The van der Waals surface area contributed by atoms with Crippen molar-refractivity contribution in [2.75, 3.05) is 0 Å². The van der Waals surface area contributed by atoms with Crippen LogP contribution in [-0.2, 0) is 4.79 Å². The van der Waals surface area contributed by atoms with Gasteiger partial charge in [0, 0.05) is 0 Å². The van der Waals surface area contributed by atoms with Gasteiger partial charge >= 0.3 is 5.97 Å². The molecule has 3 nitrogen and oxygen atoms in total. The molecule has 0 saturated heterocycles. The molecule has 5 rings (SSSR count). The molecular weight excluding hydrogens is 396 g/mol. The lowest BCUT2D eigenvalue weighted by molar-refractivity contribution is -0.189. The van der Waals surface area contributed by atoms with Crippen LogP contribution in [0, 0.1) is 44.8 Å². The Morgan fingerprint density at radius 2 is 1.50 bits per heavy atom. The molecule has 0 spiro atoms. The molecule has 0 heterocycles. The van der Waals surface area contributed by atoms with E-state index < -0.39 is 11.4 Å². The Kier molecular flexibility index (Phi) is 4.92. The lowest BCUT2D eigenvalue weighted by atomic mass is 9.37. The van der Waals surface area contributed by atoms with Gasteiger partial charge in [0.15, 0.2) is 0 Å². The van der Waals surface area contributed by atoms with Crippen molar-refractivity contribution in [3.05, 3.63) is 11.1 Å². The number of aliphatic hydroxyl groups excluding tert-OH is 1. The normalized spacial score (nSPS) is 49.3. The zero-order valence-electron chi connectivity index (χ0n) is 21.4. The van der Waals surface area contributed by atoms with Crippen molar-refractivity contribution in [1.82, 2.24) is 0 Å². The number of aliphatic carboxylic acids is 1. The Morgan fingerprint density at radius 3 is 2.19 bits per heavy atom. The smallest absolute Gasteiger partial charge is 0.313 e. The Bertz CT molecular complexity index is 852. The SMILES string of the molecule is CC1(C)CC[C@]2(C(=O)O)CCC3C(=C2C1)CC[C@@H]1[C@@]2(C)CC[C@H](O)C(C)(C)[C@@H]2CC[C@@]31C. The summed E-state index contributed by atoms with van der Waals surface area (Å²) in [5.41, 5.74) is 3.11. The van der Waals surface area contributed by atoms with E-state index in [1.807, 2.05) is 0 Å². The predicted molar refractivity (Wildman–Crippen MR) is 128 cm³/mol. The minimum atomic E-state index is -0.581. The van der Waals surface area contributed by atoms with E-state index in [4.69, 9.17) is 0 Å². The van der Waals surface area contributed by atoms with E-state index in [9.17, 15) is 15.0 Å². The fraction of sp³-hybridized carbons (Fsp3) is 0.897. The van der Waals surface area contributed by atoms with E-state index in [0.29, 0.717) is 23.2 Å². The molecular formula is C29H46O3. The first-order chi connectivity index (χ1) is 14.8. The summed E-state index contributed by atoms with van der Waals surface area (Å²) in [6, 6.07) is 0. The van der Waals surface area contributed by atoms with Gasteiger partial charge < -0.3 is 10.2 Å². The van der Waals surface area contributed by atoms with Gasteiger partial charge in [-0.25, -0.2) is 0 Å². The van der Waals surface area contributed by atoms with Crippen LogP contribution in [0.5, 0.6) is 0 Å². The average Bonchev–Trinajstić information content (AvgIpc) is 2.70. The Hall–Kier alpha value is -0.830. The molecule has 32 heavy (non-hydrogen) atoms. The van der Waals surface area contributed by atoms with E-state index in [2.05, 4.69) is 41.5 Å². The molecule has 0 aromatic carbocycles. The highest BCUT2D eigenvalue weighted by Crippen LogP contribution is 2.72. The predicted octanol–water partition coefficient (Wildman–Crippen LogP) is 6.99. The molecule has 1 unspecified atom stereocenters. The number of carbonyl (C=O) groups is 1. The van der Waals surface area contributed by atoms with Crippen molar-refractivity contribution >= 4 is 5.97 Å². The first-order valence-corrected chi connectivity index (χ1v) is 13.4. The Labute approximate surface area is 195 Å². The van der Waals surface area contributed by atoms with Crippen LogP contribution >= 0.6 is 0 Å². The van der Waals surface area contributed by atoms with Crippen LogP contribution in [0.4, 0.5) is 0 Å². The fourth-order valence-electron chi connectivity index (χ4n) is 10.3. The summed E-state index contributed by atoms with van der Waals surface area (Å²) in [5.74, 6) is 1.27. The van der Waals surface area contributed by atoms with Crippen molar-refractivity contribution in [3.8, 4) is 0 Å². The van der Waals surface area contributed by atoms with E-state index in [1.165, 1.54) is 24.8 Å². The lowest BCUT2D eigenvalue weighted by Crippen LogP contribution is -2.61. The number of carboxylic acids is 1. The van der Waals surface area contributed by atoms with E-state index >= 15 is 0 Å². The minimum absolute atomic E-state index is 0.00844. The molecule has 4 saturated carbocycles. The number of hydrogen-bond acceptors (Lipinski definition) is 2. The van der Waals surface area contributed by atoms with Crippen molar-refractivity contribution in [3.63, 3.8) is 0 Å². The molecule has 7 atom stereocenters. The number of rotatable bonds is 1. The van der Waals surface area contributed by atoms with Crippen LogP contribution in [0.15, 0.2) is 11.1 Å². The first kappa shape index (κ1) is 22.9. The van der Waals surface area contributed by atoms with Crippen LogP contribution in [0.1, 0.15) is 112 Å². The summed E-state index contributed by atoms with van der Waals surface area (Å²) in [6.07, 6.45) is 11.4. The lowest BCUT2D eigenvalue weighted by Gasteiger charge is -2.68. The molecule has 5 aliphatic carbocycles. The van der Waals surface area contributed by atoms with Crippen LogP contribution in [-0.4, -0.2) is 22.3 Å². The van der Waals surface area contributed by atoms with Crippen molar-refractivity contribution in [2.24, 2.45) is 44.8 Å². The summed E-state index contributed by atoms with van der Waals surface area (Å²) in [4.78, 5) is 12.6. The van der Waals surface area contributed by atoms with Crippen LogP contribution in [0.3, 0.4) is 0 Å². The third kappa shape index (κ3) is 2.85. The minimum Gasteiger partial charge on any atom is -0.481 e. The molecule has 180 valence electrons. The molecule has 0 radical (unpaired) electrons. The molecule has 0 aliphatic heterocycles. The van der Waals surface area contributed by atoms with Gasteiger partial charge in [-0.2, -0.15) is 0 Å². The maximum Gasteiger partial charge on any atom is 0.313 e. The quantitative estimate of drug-likeness (QED) is 0.430. The summed E-state index contributed by atoms with van der Waals surface area (Å²) in [6.45, 7) is 14.4. The highest BCUT2D eigenvalue weighted by atomic mass is 16.4. The van der Waals surface area contributed by atoms with Crippen molar-refractivity contribution in [1.29, 1.82) is 0 Å². The maximum absolute atomic E-state index is 12.6. The highest BCUT2D eigenvalue weighted by molar-refractivity contribution is 5.80. The fourth-order valence-corrected chi connectivity index (χ4v) is 10.3. The topological polar surface area (TPSA) is 57.5 Å². The molecule has 3 heteroatoms. The standard InChI is InChI=1S/C29H46O3/c1-25(2)15-16-29(24(31)32)14-9-19-18(20(29)17-25)7-8-22-27(19,5)12-10-21-26(3,4)23(30)11-13-28(21,22)6/h19,21-23,30H,7-17H2,1-6H3,(H,31,32)/t19?,21-,22-,23-,27-,28-,29+/m0/s1. The second-order valence-electron chi connectivity index (χ2n) is 14.4. The Morgan fingerprint density at radius 1 is 0.812 bits per heavy atom. The highest BCUT2D eigenvalue weighted by Gasteiger charge is 2.64. The van der Waals surface area contributed by atoms with Gasteiger partial charge in [0.25, 0.3) is 0 Å². The molecule has 5 aliphatic rings. The average molecular weight is 443 g/mol. The maximum atomic E-state index is 12.6. The molecule has 0 aromatic heterocycles. The van der Waals surface area contributed by atoms with Gasteiger partial charge in [0.2, 0.25) is 0 Å². The zero-order valence-corrected chi connectivity index (χ0v) is 21.4. The number of allylic oxidation sites excluding steroid dienone is 1. The number of fused-ring (bicyclic) bond motifs is 6. The molecule has 0 aromatic rings. The first-order valence-electron chi connectivity index (χ1n) is 13.4. The largest absolute Gasteiger partial charge is 0.481 e. The van der Waals surface area contributed by atoms with Gasteiger partial charge in [-0.05, 0) is 110 Å². The van der Waals surface area contributed by atoms with E-state index in [0.717, 1.165) is 51.4 Å². The number of hydrogen-bond donors (Lipinski definition) is 2. The van der Waals surface area contributed by atoms with E-state index in [-0.39, 0.29) is 22.3 Å². The van der Waals surface area contributed by atoms with Gasteiger partial charge in [0.05, 0.1) is 11.5 Å². The van der Waals surface area contributed by atoms with Gasteiger partial charge in [-0.3, -0.25) is 4.79 Å². The number of carboxylic acid groups (broad SMARTS) is 1. The summed E-state index contributed by atoms with van der Waals surface area (Å²) in [7, 11) is 0.